The van der Waals surface area contributed by atoms with Crippen molar-refractivity contribution >= 4 is 40.9 Å². The van der Waals surface area contributed by atoms with Crippen molar-refractivity contribution in [2.45, 2.75) is 6.92 Å². The molecule has 1 aromatic carbocycles. The number of benzene rings is 1. The molecule has 0 saturated carbocycles. The third-order valence-electron chi connectivity index (χ3n) is 2.83. The van der Waals surface area contributed by atoms with Crippen LogP contribution in [0.4, 0.5) is 11.4 Å². The summed E-state index contributed by atoms with van der Waals surface area (Å²) >= 11 is 0. The number of nitrogens with zero attached hydrogens (tertiary/aromatic N) is 2. The standard InChI is InChI=1S/C13H11N3O5/c1-7(17)14-8-3-5-9(6-4-8)16-12(20)10(18)15(2)11(19)13(16)21/h3-6H,1-2H3,(H,14,17). The van der Waals surface area contributed by atoms with E-state index in [2.05, 4.69) is 5.32 Å². The fraction of sp³-hybridized carbons (Fsp3) is 0.154. The Hall–Kier alpha value is -3.03. The number of anilines is 2. The lowest BCUT2D eigenvalue weighted by Gasteiger charge is -2.27. The first-order chi connectivity index (χ1) is 9.82. The Labute approximate surface area is 119 Å². The van der Waals surface area contributed by atoms with Crippen LogP contribution in [-0.2, 0) is 24.0 Å². The number of carbonyl (C=O) groups excluding carboxylic acids is 5. The third-order valence-corrected chi connectivity index (χ3v) is 2.83. The zero-order chi connectivity index (χ0) is 15.7. The third kappa shape index (κ3) is 2.50. The topological polar surface area (TPSA) is 104 Å². The first kappa shape index (κ1) is 14.4. The van der Waals surface area contributed by atoms with E-state index in [1.54, 1.807) is 0 Å². The normalized spacial score (nSPS) is 15.5. The predicted molar refractivity (Wildman–Crippen MR) is 71.0 cm³/mol. The van der Waals surface area contributed by atoms with Gasteiger partial charge in [0.1, 0.15) is 0 Å². The summed E-state index contributed by atoms with van der Waals surface area (Å²) < 4.78 is 0. The van der Waals surface area contributed by atoms with Crippen LogP contribution >= 0.6 is 0 Å². The largest absolute Gasteiger partial charge is 0.326 e. The number of rotatable bonds is 2. The Balaban J connectivity index is 2.34. The zero-order valence-corrected chi connectivity index (χ0v) is 11.2. The number of hydrogen-bond donors (Lipinski definition) is 1. The highest BCUT2D eigenvalue weighted by molar-refractivity contribution is 6.61. The van der Waals surface area contributed by atoms with E-state index in [1.165, 1.54) is 31.2 Å². The minimum absolute atomic E-state index is 0.0777. The summed E-state index contributed by atoms with van der Waals surface area (Å²) in [7, 11) is 1.07. The van der Waals surface area contributed by atoms with Crippen molar-refractivity contribution in [3.05, 3.63) is 24.3 Å². The molecular weight excluding hydrogens is 278 g/mol. The Bertz CT molecular complexity index is 637. The van der Waals surface area contributed by atoms with E-state index in [0.29, 0.717) is 15.5 Å². The van der Waals surface area contributed by atoms with E-state index in [0.717, 1.165) is 7.05 Å². The summed E-state index contributed by atoms with van der Waals surface area (Å²) in [6, 6.07) is 5.61. The van der Waals surface area contributed by atoms with E-state index >= 15 is 0 Å². The summed E-state index contributed by atoms with van der Waals surface area (Å²) in [5.74, 6) is -4.64. The number of amides is 5. The maximum atomic E-state index is 11.8. The van der Waals surface area contributed by atoms with Crippen LogP contribution in [0.15, 0.2) is 24.3 Å². The maximum absolute atomic E-state index is 11.8. The maximum Gasteiger partial charge on any atom is 0.324 e. The van der Waals surface area contributed by atoms with Gasteiger partial charge in [0.05, 0.1) is 5.69 Å². The van der Waals surface area contributed by atoms with Crippen LogP contribution in [0.25, 0.3) is 0 Å². The van der Waals surface area contributed by atoms with Crippen LogP contribution < -0.4 is 10.2 Å². The highest BCUT2D eigenvalue weighted by atomic mass is 16.2. The molecule has 1 aliphatic rings. The molecule has 5 amide bonds. The first-order valence-corrected chi connectivity index (χ1v) is 5.91. The van der Waals surface area contributed by atoms with Crippen LogP contribution in [0.5, 0.6) is 0 Å². The lowest BCUT2D eigenvalue weighted by atomic mass is 10.2. The molecule has 0 aliphatic carbocycles. The number of hydrogen-bond acceptors (Lipinski definition) is 5. The number of likely N-dealkylation sites (N-methyl/N-ethyl adjacent to an activating group) is 1. The van der Waals surface area contributed by atoms with Gasteiger partial charge in [-0.3, -0.25) is 28.9 Å². The van der Waals surface area contributed by atoms with Crippen LogP contribution in [0.1, 0.15) is 6.92 Å². The molecule has 1 aliphatic heterocycles. The lowest BCUT2D eigenvalue weighted by molar-refractivity contribution is -0.158. The molecule has 8 heteroatoms. The Kier molecular flexibility index (Phi) is 3.53. The van der Waals surface area contributed by atoms with Gasteiger partial charge in [-0.2, -0.15) is 0 Å². The van der Waals surface area contributed by atoms with Gasteiger partial charge >= 0.3 is 23.6 Å². The van der Waals surface area contributed by atoms with Gasteiger partial charge in [-0.1, -0.05) is 0 Å². The summed E-state index contributed by atoms with van der Waals surface area (Å²) in [6.07, 6.45) is 0. The molecule has 1 heterocycles. The number of nitrogens with one attached hydrogen (secondary N) is 1. The smallest absolute Gasteiger partial charge is 0.324 e. The highest BCUT2D eigenvalue weighted by Crippen LogP contribution is 2.21. The van der Waals surface area contributed by atoms with Crippen molar-refractivity contribution in [2.24, 2.45) is 0 Å². The second-order valence-corrected chi connectivity index (χ2v) is 4.34. The Morgan fingerprint density at radius 2 is 1.38 bits per heavy atom. The molecule has 0 atom stereocenters. The van der Waals surface area contributed by atoms with Crippen molar-refractivity contribution in [2.75, 3.05) is 17.3 Å². The van der Waals surface area contributed by atoms with Gasteiger partial charge in [-0.05, 0) is 24.3 Å². The summed E-state index contributed by atoms with van der Waals surface area (Å²) in [5, 5.41) is 2.51. The van der Waals surface area contributed by atoms with Crippen LogP contribution in [0.2, 0.25) is 0 Å². The van der Waals surface area contributed by atoms with E-state index in [-0.39, 0.29) is 11.6 Å². The summed E-state index contributed by atoms with van der Waals surface area (Å²) in [6.45, 7) is 1.33. The Morgan fingerprint density at radius 3 is 1.81 bits per heavy atom. The van der Waals surface area contributed by atoms with Gasteiger partial charge in [-0.25, -0.2) is 4.90 Å². The first-order valence-electron chi connectivity index (χ1n) is 5.91. The molecular formula is C13H11N3O5. The van der Waals surface area contributed by atoms with Crippen molar-refractivity contribution in [1.82, 2.24) is 4.90 Å². The molecule has 1 aromatic rings. The van der Waals surface area contributed by atoms with Crippen LogP contribution in [0.3, 0.4) is 0 Å². The molecule has 1 saturated heterocycles. The van der Waals surface area contributed by atoms with Gasteiger partial charge in [0.15, 0.2) is 0 Å². The second-order valence-electron chi connectivity index (χ2n) is 4.34. The molecule has 0 radical (unpaired) electrons. The fourth-order valence-electron chi connectivity index (χ4n) is 1.79. The molecule has 2 rings (SSSR count). The minimum Gasteiger partial charge on any atom is -0.326 e. The fourth-order valence-corrected chi connectivity index (χ4v) is 1.79. The van der Waals surface area contributed by atoms with E-state index < -0.39 is 23.6 Å². The van der Waals surface area contributed by atoms with Gasteiger partial charge in [0.2, 0.25) is 5.91 Å². The molecule has 0 aromatic heterocycles. The monoisotopic (exact) mass is 289 g/mol. The summed E-state index contributed by atoms with van der Waals surface area (Å²) in [4.78, 5) is 58.8. The van der Waals surface area contributed by atoms with Crippen molar-refractivity contribution in [3.8, 4) is 0 Å². The van der Waals surface area contributed by atoms with Crippen LogP contribution in [-0.4, -0.2) is 41.5 Å². The molecule has 0 bridgehead atoms. The SMILES string of the molecule is CC(=O)Nc1ccc(N2C(=O)C(=O)N(C)C(=O)C2=O)cc1. The second kappa shape index (κ2) is 5.16. The van der Waals surface area contributed by atoms with Gasteiger partial charge < -0.3 is 5.32 Å². The van der Waals surface area contributed by atoms with Crippen LogP contribution in [0, 0.1) is 0 Å². The Morgan fingerprint density at radius 1 is 0.905 bits per heavy atom. The van der Waals surface area contributed by atoms with E-state index in [9.17, 15) is 24.0 Å². The van der Waals surface area contributed by atoms with E-state index in [1.807, 2.05) is 0 Å². The lowest BCUT2D eigenvalue weighted by Crippen LogP contribution is -2.59. The number of carbonyl (C=O) groups is 5. The average Bonchev–Trinajstić information content (AvgIpc) is 2.44. The molecule has 1 fully saturated rings. The van der Waals surface area contributed by atoms with Crippen molar-refractivity contribution in [1.29, 1.82) is 0 Å². The predicted octanol–water partition coefficient (Wildman–Crippen LogP) is -0.497. The van der Waals surface area contributed by atoms with Crippen molar-refractivity contribution < 1.29 is 24.0 Å². The van der Waals surface area contributed by atoms with Gasteiger partial charge in [0.25, 0.3) is 0 Å². The molecule has 108 valence electrons. The van der Waals surface area contributed by atoms with Crippen molar-refractivity contribution in [3.63, 3.8) is 0 Å². The zero-order valence-electron chi connectivity index (χ0n) is 11.2. The quantitative estimate of drug-likeness (QED) is 0.584. The molecule has 21 heavy (non-hydrogen) atoms. The molecule has 0 unspecified atom stereocenters. The number of imide groups is 2. The minimum atomic E-state index is -1.10. The molecule has 0 spiro atoms. The van der Waals surface area contributed by atoms with Gasteiger partial charge in [0, 0.05) is 19.7 Å². The molecule has 8 nitrogen and oxygen atoms in total. The molecule has 1 N–H and O–H groups in total. The number of piperazine rings is 1. The highest BCUT2D eigenvalue weighted by Gasteiger charge is 2.43. The van der Waals surface area contributed by atoms with E-state index in [4.69, 9.17) is 0 Å². The average molecular weight is 289 g/mol. The van der Waals surface area contributed by atoms with Gasteiger partial charge in [-0.15, -0.1) is 0 Å². The summed E-state index contributed by atoms with van der Waals surface area (Å²) in [5.41, 5.74) is 0.534.